The third kappa shape index (κ3) is 3.90. The third-order valence-corrected chi connectivity index (χ3v) is 6.33. The Kier molecular flexibility index (Phi) is 5.53. The summed E-state index contributed by atoms with van der Waals surface area (Å²) in [7, 11) is 0. The molecule has 2 aliphatic heterocycles. The van der Waals surface area contributed by atoms with Gasteiger partial charge in [0.1, 0.15) is 12.1 Å². The van der Waals surface area contributed by atoms with Crippen LogP contribution in [-0.4, -0.2) is 42.5 Å². The molecule has 9 heteroatoms. The summed E-state index contributed by atoms with van der Waals surface area (Å²) >= 11 is 6.30. The van der Waals surface area contributed by atoms with Gasteiger partial charge < -0.3 is 20.1 Å². The van der Waals surface area contributed by atoms with E-state index in [1.165, 1.54) is 0 Å². The quantitative estimate of drug-likeness (QED) is 0.550. The fourth-order valence-corrected chi connectivity index (χ4v) is 4.35. The second-order valence-corrected chi connectivity index (χ2v) is 8.79. The fraction of sp³-hybridized carbons (Fsp3) is 0.240. The summed E-state index contributed by atoms with van der Waals surface area (Å²) in [4.78, 5) is 39.6. The smallest absolute Gasteiger partial charge is 0.325 e. The Bertz CT molecular complexity index is 1330. The Morgan fingerprint density at radius 2 is 1.76 bits per heavy atom. The van der Waals surface area contributed by atoms with Gasteiger partial charge in [-0.1, -0.05) is 48.0 Å². The number of anilines is 1. The Balaban J connectivity index is 1.34. The molecule has 0 bridgehead atoms. The number of nitrogens with zero attached hydrogens (tertiary/aromatic N) is 1. The van der Waals surface area contributed by atoms with Gasteiger partial charge in [-0.05, 0) is 29.3 Å². The number of urea groups is 1. The molecule has 0 aromatic heterocycles. The molecule has 0 unspecified atom stereocenters. The van der Waals surface area contributed by atoms with Crippen LogP contribution in [0.4, 0.5) is 10.5 Å². The van der Waals surface area contributed by atoms with Crippen molar-refractivity contribution >= 4 is 45.9 Å². The summed E-state index contributed by atoms with van der Waals surface area (Å²) in [5, 5.41) is 7.62. The van der Waals surface area contributed by atoms with E-state index >= 15 is 0 Å². The van der Waals surface area contributed by atoms with E-state index in [0.717, 1.165) is 22.1 Å². The number of carbonyl (C=O) groups is 3. The zero-order valence-corrected chi connectivity index (χ0v) is 19.1. The van der Waals surface area contributed by atoms with Crippen LogP contribution in [0.25, 0.3) is 10.8 Å². The summed E-state index contributed by atoms with van der Waals surface area (Å²) < 4.78 is 11.2. The molecule has 2 heterocycles. The van der Waals surface area contributed by atoms with Crippen LogP contribution in [0.1, 0.15) is 18.9 Å². The third-order valence-electron chi connectivity index (χ3n) is 6.01. The first-order chi connectivity index (χ1) is 16.3. The second kappa shape index (κ2) is 8.53. The molecule has 3 aromatic carbocycles. The van der Waals surface area contributed by atoms with Crippen LogP contribution in [0, 0.1) is 0 Å². The molecule has 0 spiro atoms. The van der Waals surface area contributed by atoms with Crippen molar-refractivity contribution < 1.29 is 23.9 Å². The summed E-state index contributed by atoms with van der Waals surface area (Å²) in [6, 6.07) is 15.8. The van der Waals surface area contributed by atoms with Gasteiger partial charge >= 0.3 is 6.03 Å². The monoisotopic (exact) mass is 479 g/mol. The lowest BCUT2D eigenvalue weighted by atomic mass is 9.90. The Morgan fingerprint density at radius 1 is 1.06 bits per heavy atom. The van der Waals surface area contributed by atoms with Crippen LogP contribution >= 0.6 is 11.6 Å². The molecule has 1 saturated heterocycles. The van der Waals surface area contributed by atoms with Crippen molar-refractivity contribution in [2.24, 2.45) is 0 Å². The molecule has 1 atom stereocenters. The highest BCUT2D eigenvalue weighted by Crippen LogP contribution is 2.38. The molecule has 34 heavy (non-hydrogen) atoms. The van der Waals surface area contributed by atoms with Crippen LogP contribution in [0.2, 0.25) is 5.02 Å². The lowest BCUT2D eigenvalue weighted by Gasteiger charge is -2.22. The molecule has 8 nitrogen and oxygen atoms in total. The maximum Gasteiger partial charge on any atom is 0.325 e. The average molecular weight is 480 g/mol. The number of halogens is 1. The number of hydrogen-bond donors (Lipinski definition) is 2. The zero-order chi connectivity index (χ0) is 23.9. The number of fused-ring (bicyclic) bond motifs is 2. The van der Waals surface area contributed by atoms with Crippen molar-refractivity contribution in [3.05, 3.63) is 65.2 Å². The van der Waals surface area contributed by atoms with Gasteiger partial charge in [0, 0.05) is 18.6 Å². The molecule has 0 aliphatic carbocycles. The standard InChI is InChI=1S/C25H22ClN3O5/c1-25(17-8-7-15-5-2-3-6-16(15)11-17)23(31)29(24(32)28-25)14-22(30)27-19-13-21-20(12-18(19)26)33-9-4-10-34-21/h2-3,5-8,11-13H,4,9-10,14H2,1H3,(H,27,30)(H,28,32)/t25-/m0/s1. The second-order valence-electron chi connectivity index (χ2n) is 8.39. The first kappa shape index (κ1) is 22.0. The highest BCUT2D eigenvalue weighted by molar-refractivity contribution is 6.34. The van der Waals surface area contributed by atoms with Gasteiger partial charge in [-0.3, -0.25) is 14.5 Å². The largest absolute Gasteiger partial charge is 0.490 e. The van der Waals surface area contributed by atoms with Gasteiger partial charge in [0.25, 0.3) is 5.91 Å². The van der Waals surface area contributed by atoms with Crippen molar-refractivity contribution in [2.45, 2.75) is 18.9 Å². The maximum absolute atomic E-state index is 13.3. The predicted octanol–water partition coefficient (Wildman–Crippen LogP) is 4.06. The van der Waals surface area contributed by atoms with E-state index in [4.69, 9.17) is 21.1 Å². The molecule has 174 valence electrons. The zero-order valence-electron chi connectivity index (χ0n) is 18.4. The molecule has 5 rings (SSSR count). The minimum Gasteiger partial charge on any atom is -0.490 e. The molecule has 3 aromatic rings. The first-order valence-electron chi connectivity index (χ1n) is 10.9. The van der Waals surface area contributed by atoms with Crippen molar-refractivity contribution in [3.63, 3.8) is 0 Å². The van der Waals surface area contributed by atoms with Gasteiger partial charge in [0.05, 0.1) is 23.9 Å². The van der Waals surface area contributed by atoms with Crippen LogP contribution in [0.3, 0.4) is 0 Å². The summed E-state index contributed by atoms with van der Waals surface area (Å²) in [6.07, 6.45) is 0.732. The van der Waals surface area contributed by atoms with Crippen LogP contribution in [0.5, 0.6) is 11.5 Å². The molecular weight excluding hydrogens is 458 g/mol. The molecule has 2 aliphatic rings. The number of benzene rings is 3. The average Bonchev–Trinajstić information content (AvgIpc) is 2.97. The molecular formula is C25H22ClN3O5. The predicted molar refractivity (Wildman–Crippen MR) is 127 cm³/mol. The summed E-state index contributed by atoms with van der Waals surface area (Å²) in [6.45, 7) is 2.17. The minimum absolute atomic E-state index is 0.260. The molecule has 0 radical (unpaired) electrons. The molecule has 4 amide bonds. The molecule has 0 saturated carbocycles. The minimum atomic E-state index is -1.28. The van der Waals surface area contributed by atoms with Gasteiger partial charge in [-0.2, -0.15) is 0 Å². The van der Waals surface area contributed by atoms with Crippen molar-refractivity contribution in [3.8, 4) is 11.5 Å². The Labute approximate surface area is 200 Å². The SMILES string of the molecule is C[C@@]1(c2ccc3ccccc3c2)NC(=O)N(CC(=O)Nc2cc3c(cc2Cl)OCCCO3)C1=O. The molecule has 2 N–H and O–H groups in total. The van der Waals surface area contributed by atoms with E-state index in [1.807, 2.05) is 42.5 Å². The van der Waals surface area contributed by atoms with E-state index < -0.39 is 29.9 Å². The van der Waals surface area contributed by atoms with E-state index in [9.17, 15) is 14.4 Å². The normalized spacial score (nSPS) is 19.6. The number of imide groups is 1. The number of ether oxygens (including phenoxy) is 2. The van der Waals surface area contributed by atoms with Gasteiger partial charge in [0.15, 0.2) is 11.5 Å². The van der Waals surface area contributed by atoms with E-state index in [-0.39, 0.29) is 5.02 Å². The fourth-order valence-electron chi connectivity index (χ4n) is 4.15. The van der Waals surface area contributed by atoms with Crippen LogP contribution in [0.15, 0.2) is 54.6 Å². The lowest BCUT2D eigenvalue weighted by Crippen LogP contribution is -2.42. The van der Waals surface area contributed by atoms with Gasteiger partial charge in [0.2, 0.25) is 5.91 Å². The van der Waals surface area contributed by atoms with Crippen molar-refractivity contribution in [2.75, 3.05) is 25.1 Å². The van der Waals surface area contributed by atoms with E-state index in [2.05, 4.69) is 10.6 Å². The van der Waals surface area contributed by atoms with Gasteiger partial charge in [-0.15, -0.1) is 0 Å². The first-order valence-corrected chi connectivity index (χ1v) is 11.3. The van der Waals surface area contributed by atoms with Crippen LogP contribution in [-0.2, 0) is 15.1 Å². The number of hydrogen-bond acceptors (Lipinski definition) is 5. The topological polar surface area (TPSA) is 97.0 Å². The number of rotatable bonds is 4. The Morgan fingerprint density at radius 3 is 2.53 bits per heavy atom. The highest BCUT2D eigenvalue weighted by Gasteiger charge is 2.49. The van der Waals surface area contributed by atoms with Crippen molar-refractivity contribution in [1.29, 1.82) is 0 Å². The van der Waals surface area contributed by atoms with E-state index in [1.54, 1.807) is 19.1 Å². The highest BCUT2D eigenvalue weighted by atomic mass is 35.5. The Hall–Kier alpha value is -3.78. The van der Waals surface area contributed by atoms with Crippen molar-refractivity contribution in [1.82, 2.24) is 10.2 Å². The molecule has 1 fully saturated rings. The maximum atomic E-state index is 13.3. The summed E-state index contributed by atoms with van der Waals surface area (Å²) in [5.41, 5.74) is -0.340. The lowest BCUT2D eigenvalue weighted by molar-refractivity contribution is -0.133. The number of carbonyl (C=O) groups excluding carboxylic acids is 3. The summed E-state index contributed by atoms with van der Waals surface area (Å²) in [5.74, 6) is -0.104. The van der Waals surface area contributed by atoms with Crippen LogP contribution < -0.4 is 20.1 Å². The van der Waals surface area contributed by atoms with E-state index in [0.29, 0.717) is 36.0 Å². The number of nitrogens with one attached hydrogen (secondary N) is 2. The number of amides is 4. The van der Waals surface area contributed by atoms with Gasteiger partial charge in [-0.25, -0.2) is 4.79 Å².